The Kier molecular flexibility index (Phi) is 5.64. The van der Waals surface area contributed by atoms with Crippen LogP contribution in [0.15, 0.2) is 18.2 Å². The highest BCUT2D eigenvalue weighted by atomic mass is 35.5. The molecule has 3 rings (SSSR count). The third-order valence-corrected chi connectivity index (χ3v) is 5.40. The van der Waals surface area contributed by atoms with Gasteiger partial charge in [0.15, 0.2) is 0 Å². The first-order valence-electron chi connectivity index (χ1n) is 9.11. The highest BCUT2D eigenvalue weighted by molar-refractivity contribution is 6.31. The minimum Gasteiger partial charge on any atom is -0.351 e. The van der Waals surface area contributed by atoms with Crippen LogP contribution in [0.25, 0.3) is 0 Å². The van der Waals surface area contributed by atoms with Gasteiger partial charge >= 0.3 is 0 Å². The Morgan fingerprint density at radius 3 is 2.60 bits per heavy atom. The maximum Gasteiger partial charge on any atom is 0.253 e. The fourth-order valence-corrected chi connectivity index (χ4v) is 3.57. The summed E-state index contributed by atoms with van der Waals surface area (Å²) in [4.78, 5) is 26.8. The van der Waals surface area contributed by atoms with Crippen molar-refractivity contribution < 1.29 is 9.59 Å². The van der Waals surface area contributed by atoms with Gasteiger partial charge in [-0.1, -0.05) is 18.5 Å². The van der Waals surface area contributed by atoms with E-state index in [2.05, 4.69) is 15.5 Å². The summed E-state index contributed by atoms with van der Waals surface area (Å²) in [6.07, 6.45) is 5.27. The average Bonchev–Trinajstić information content (AvgIpc) is 3.16. The number of anilines is 1. The normalized spacial score (nSPS) is 18.8. The van der Waals surface area contributed by atoms with Crippen LogP contribution in [0.1, 0.15) is 49.4 Å². The van der Waals surface area contributed by atoms with Gasteiger partial charge in [0.1, 0.15) is 0 Å². The van der Waals surface area contributed by atoms with E-state index in [1.165, 1.54) is 38.8 Å². The van der Waals surface area contributed by atoms with E-state index >= 15 is 0 Å². The molecule has 0 spiro atoms. The molecule has 2 aliphatic rings. The standard InChI is InChI=1S/C19H26ClN3O2/c1-2-17(24)22-16-11-14(20)5-6-15(16)18(25)21-12-19(7-8-19)13-23-9-3-4-10-23/h5-6,11H,2-4,7-10,12-13H2,1H3,(H,21,25)(H,22,24). The van der Waals surface area contributed by atoms with Crippen LogP contribution < -0.4 is 10.6 Å². The second kappa shape index (κ2) is 7.75. The molecule has 136 valence electrons. The van der Waals surface area contributed by atoms with Gasteiger partial charge in [0.25, 0.3) is 5.91 Å². The lowest BCUT2D eigenvalue weighted by Gasteiger charge is -2.23. The second-order valence-corrected chi connectivity index (χ2v) is 7.69. The van der Waals surface area contributed by atoms with Crippen molar-refractivity contribution >= 4 is 29.1 Å². The summed E-state index contributed by atoms with van der Waals surface area (Å²) in [5.74, 6) is -0.292. The molecule has 0 unspecified atom stereocenters. The number of likely N-dealkylation sites (tertiary alicyclic amines) is 1. The third kappa shape index (κ3) is 4.73. The molecule has 0 bridgehead atoms. The number of halogens is 1. The molecule has 1 aliphatic carbocycles. The summed E-state index contributed by atoms with van der Waals surface area (Å²) in [5.41, 5.74) is 1.17. The summed E-state index contributed by atoms with van der Waals surface area (Å²) in [7, 11) is 0. The monoisotopic (exact) mass is 363 g/mol. The first-order valence-corrected chi connectivity index (χ1v) is 9.49. The Labute approximate surface area is 154 Å². The lowest BCUT2D eigenvalue weighted by atomic mass is 10.1. The van der Waals surface area contributed by atoms with E-state index in [0.29, 0.717) is 29.2 Å². The lowest BCUT2D eigenvalue weighted by Crippen LogP contribution is -2.37. The third-order valence-electron chi connectivity index (χ3n) is 5.16. The Bertz CT molecular complexity index is 652. The molecule has 1 aromatic carbocycles. The molecule has 1 heterocycles. The molecular weight excluding hydrogens is 338 g/mol. The van der Waals surface area contributed by atoms with Crippen LogP contribution in [0.2, 0.25) is 5.02 Å². The molecular formula is C19H26ClN3O2. The van der Waals surface area contributed by atoms with Crippen molar-refractivity contribution in [2.75, 3.05) is 31.5 Å². The lowest BCUT2D eigenvalue weighted by molar-refractivity contribution is -0.115. The van der Waals surface area contributed by atoms with E-state index in [-0.39, 0.29) is 17.2 Å². The number of amides is 2. The van der Waals surface area contributed by atoms with E-state index in [0.717, 1.165) is 6.54 Å². The van der Waals surface area contributed by atoms with Crippen molar-refractivity contribution in [1.29, 1.82) is 0 Å². The van der Waals surface area contributed by atoms with E-state index in [4.69, 9.17) is 11.6 Å². The van der Waals surface area contributed by atoms with Crippen molar-refractivity contribution in [3.63, 3.8) is 0 Å². The van der Waals surface area contributed by atoms with Gasteiger partial charge in [-0.15, -0.1) is 0 Å². The summed E-state index contributed by atoms with van der Waals surface area (Å²) < 4.78 is 0. The highest BCUT2D eigenvalue weighted by Crippen LogP contribution is 2.46. The maximum atomic E-state index is 12.6. The molecule has 1 saturated carbocycles. The van der Waals surface area contributed by atoms with E-state index in [9.17, 15) is 9.59 Å². The molecule has 0 aromatic heterocycles. The van der Waals surface area contributed by atoms with Gasteiger partial charge in [0.2, 0.25) is 5.91 Å². The molecule has 1 saturated heterocycles. The topological polar surface area (TPSA) is 61.4 Å². The van der Waals surface area contributed by atoms with Gasteiger partial charge in [-0.05, 0) is 57.0 Å². The number of hydrogen-bond donors (Lipinski definition) is 2. The molecule has 25 heavy (non-hydrogen) atoms. The van der Waals surface area contributed by atoms with Crippen LogP contribution in [-0.4, -0.2) is 42.9 Å². The fraction of sp³-hybridized carbons (Fsp3) is 0.579. The summed E-state index contributed by atoms with van der Waals surface area (Å²) in [6, 6.07) is 4.97. The van der Waals surface area contributed by atoms with Crippen molar-refractivity contribution in [1.82, 2.24) is 10.2 Å². The average molecular weight is 364 g/mol. The van der Waals surface area contributed by atoms with Crippen molar-refractivity contribution in [2.45, 2.75) is 39.0 Å². The maximum absolute atomic E-state index is 12.6. The molecule has 6 heteroatoms. The Hall–Kier alpha value is -1.59. The predicted octanol–water partition coefficient (Wildman–Crippen LogP) is 3.29. The van der Waals surface area contributed by atoms with E-state index in [1.54, 1.807) is 25.1 Å². The zero-order chi connectivity index (χ0) is 17.9. The molecule has 1 aliphatic heterocycles. The second-order valence-electron chi connectivity index (χ2n) is 7.26. The first-order chi connectivity index (χ1) is 12.0. The van der Waals surface area contributed by atoms with E-state index < -0.39 is 0 Å². The smallest absolute Gasteiger partial charge is 0.253 e. The van der Waals surface area contributed by atoms with Gasteiger partial charge in [-0.3, -0.25) is 9.59 Å². The van der Waals surface area contributed by atoms with Crippen LogP contribution in [-0.2, 0) is 4.79 Å². The van der Waals surface area contributed by atoms with Crippen molar-refractivity contribution in [3.05, 3.63) is 28.8 Å². The number of nitrogens with one attached hydrogen (secondary N) is 2. The highest BCUT2D eigenvalue weighted by Gasteiger charge is 2.44. The van der Waals surface area contributed by atoms with Gasteiger partial charge in [-0.2, -0.15) is 0 Å². The molecule has 1 aromatic rings. The van der Waals surface area contributed by atoms with Crippen molar-refractivity contribution in [3.8, 4) is 0 Å². The van der Waals surface area contributed by atoms with Gasteiger partial charge in [-0.25, -0.2) is 0 Å². The van der Waals surface area contributed by atoms with Gasteiger partial charge < -0.3 is 15.5 Å². The van der Waals surface area contributed by atoms with E-state index in [1.807, 2.05) is 0 Å². The minimum absolute atomic E-state index is 0.135. The van der Waals surface area contributed by atoms with Crippen LogP contribution in [0.3, 0.4) is 0 Å². The number of carbonyl (C=O) groups is 2. The minimum atomic E-state index is -0.157. The van der Waals surface area contributed by atoms with Crippen LogP contribution >= 0.6 is 11.6 Å². The predicted molar refractivity (Wildman–Crippen MR) is 100 cm³/mol. The fourth-order valence-electron chi connectivity index (χ4n) is 3.40. The Morgan fingerprint density at radius 1 is 1.24 bits per heavy atom. The Balaban J connectivity index is 1.62. The zero-order valence-corrected chi connectivity index (χ0v) is 15.5. The molecule has 2 N–H and O–H groups in total. The molecule has 2 fully saturated rings. The van der Waals surface area contributed by atoms with Gasteiger partial charge in [0, 0.05) is 29.9 Å². The summed E-state index contributed by atoms with van der Waals surface area (Å²) in [5, 5.41) is 6.32. The number of hydrogen-bond acceptors (Lipinski definition) is 3. The van der Waals surface area contributed by atoms with Gasteiger partial charge in [0.05, 0.1) is 11.3 Å². The van der Waals surface area contributed by atoms with Crippen LogP contribution in [0.4, 0.5) is 5.69 Å². The molecule has 2 amide bonds. The van der Waals surface area contributed by atoms with Crippen LogP contribution in [0.5, 0.6) is 0 Å². The molecule has 0 radical (unpaired) electrons. The first kappa shape index (κ1) is 18.2. The molecule has 0 atom stereocenters. The SMILES string of the molecule is CCC(=O)Nc1cc(Cl)ccc1C(=O)NCC1(CN2CCCC2)CC1. The number of rotatable bonds is 7. The van der Waals surface area contributed by atoms with Crippen LogP contribution in [0, 0.1) is 5.41 Å². The number of nitrogens with zero attached hydrogens (tertiary/aromatic N) is 1. The quantitative estimate of drug-likeness (QED) is 0.781. The summed E-state index contributed by atoms with van der Waals surface area (Å²) >= 11 is 6.01. The molecule has 5 nitrogen and oxygen atoms in total. The number of carbonyl (C=O) groups excluding carboxylic acids is 2. The number of benzene rings is 1. The zero-order valence-electron chi connectivity index (χ0n) is 14.7. The van der Waals surface area contributed by atoms with Crippen molar-refractivity contribution in [2.24, 2.45) is 5.41 Å². The largest absolute Gasteiger partial charge is 0.351 e. The Morgan fingerprint density at radius 2 is 1.96 bits per heavy atom. The summed E-state index contributed by atoms with van der Waals surface area (Å²) in [6.45, 7) is 5.90.